The topological polar surface area (TPSA) is 66.9 Å². The number of rotatable bonds is 7. The van der Waals surface area contributed by atoms with Crippen LogP contribution in [0.25, 0.3) is 11.1 Å². The summed E-state index contributed by atoms with van der Waals surface area (Å²) in [7, 11) is 0. The summed E-state index contributed by atoms with van der Waals surface area (Å²) in [6, 6.07) is 17.6. The van der Waals surface area contributed by atoms with Gasteiger partial charge in [-0.15, -0.1) is 0 Å². The molecule has 132 valence electrons. The lowest BCUT2D eigenvalue weighted by Gasteiger charge is -2.09. The minimum atomic E-state index is -0.0230. The molecular weight excluding hydrogens is 344 g/mol. The molecule has 2 aromatic heterocycles. The van der Waals surface area contributed by atoms with Gasteiger partial charge in [0, 0.05) is 30.3 Å². The number of benzene rings is 1. The van der Waals surface area contributed by atoms with Crippen molar-refractivity contribution >= 4 is 35.0 Å². The number of hydrogen-bond acceptors (Lipinski definition) is 5. The Morgan fingerprint density at radius 1 is 0.962 bits per heavy atom. The molecule has 0 atom stereocenters. The number of hydrogen-bond donors (Lipinski definition) is 2. The Morgan fingerprint density at radius 2 is 1.62 bits per heavy atom. The number of carbonyl (C=O) groups is 1. The van der Waals surface area contributed by atoms with Crippen LogP contribution in [0.3, 0.4) is 0 Å². The molecule has 0 saturated heterocycles. The van der Waals surface area contributed by atoms with Crippen LogP contribution in [0.4, 0.5) is 17.3 Å². The van der Waals surface area contributed by atoms with Crippen molar-refractivity contribution in [1.82, 2.24) is 9.97 Å². The van der Waals surface area contributed by atoms with Gasteiger partial charge in [-0.1, -0.05) is 18.2 Å². The lowest BCUT2D eigenvalue weighted by molar-refractivity contribution is -0.115. The normalized spacial score (nSPS) is 10.3. The molecule has 3 rings (SSSR count). The second kappa shape index (κ2) is 9.01. The smallest absolute Gasteiger partial charge is 0.226 e. The lowest BCUT2D eigenvalue weighted by atomic mass is 10.1. The molecule has 5 nitrogen and oxygen atoms in total. The van der Waals surface area contributed by atoms with E-state index in [1.54, 1.807) is 24.2 Å². The molecule has 0 radical (unpaired) electrons. The number of anilines is 3. The highest BCUT2D eigenvalue weighted by Gasteiger charge is 2.06. The van der Waals surface area contributed by atoms with Gasteiger partial charge in [0.05, 0.1) is 0 Å². The Morgan fingerprint density at radius 3 is 2.31 bits per heavy atom. The summed E-state index contributed by atoms with van der Waals surface area (Å²) in [5, 5.41) is 6.13. The number of para-hydroxylation sites is 1. The van der Waals surface area contributed by atoms with E-state index in [9.17, 15) is 4.79 Å². The Kier molecular flexibility index (Phi) is 6.22. The molecule has 2 N–H and O–H groups in total. The third-order valence-corrected chi connectivity index (χ3v) is 4.31. The number of carbonyl (C=O) groups excluding carboxylic acids is 1. The maximum atomic E-state index is 11.9. The molecule has 0 spiro atoms. The molecule has 26 heavy (non-hydrogen) atoms. The van der Waals surface area contributed by atoms with Crippen LogP contribution in [-0.4, -0.2) is 27.9 Å². The Labute approximate surface area is 157 Å². The van der Waals surface area contributed by atoms with Crippen molar-refractivity contribution in [3.05, 3.63) is 67.0 Å². The molecule has 0 unspecified atom stereocenters. The molecule has 6 heteroatoms. The molecule has 0 fully saturated rings. The van der Waals surface area contributed by atoms with E-state index in [1.807, 2.05) is 60.9 Å². The van der Waals surface area contributed by atoms with E-state index in [-0.39, 0.29) is 5.91 Å². The fraction of sp³-hybridized carbons (Fsp3) is 0.150. The molecule has 1 amide bonds. The quantitative estimate of drug-likeness (QED) is 0.642. The highest BCUT2D eigenvalue weighted by molar-refractivity contribution is 7.98. The molecule has 0 saturated carbocycles. The van der Waals surface area contributed by atoms with Crippen LogP contribution in [0, 0.1) is 0 Å². The second-order valence-corrected chi connectivity index (χ2v) is 6.63. The first-order chi connectivity index (χ1) is 12.7. The van der Waals surface area contributed by atoms with Gasteiger partial charge < -0.3 is 10.6 Å². The summed E-state index contributed by atoms with van der Waals surface area (Å²) < 4.78 is 0. The fourth-order valence-corrected chi connectivity index (χ4v) is 2.82. The van der Waals surface area contributed by atoms with Crippen molar-refractivity contribution in [1.29, 1.82) is 0 Å². The molecule has 0 aliphatic rings. The van der Waals surface area contributed by atoms with Crippen molar-refractivity contribution in [2.75, 3.05) is 22.6 Å². The monoisotopic (exact) mass is 364 g/mol. The summed E-state index contributed by atoms with van der Waals surface area (Å²) in [6.45, 7) is 0. The van der Waals surface area contributed by atoms with E-state index < -0.39 is 0 Å². The van der Waals surface area contributed by atoms with Crippen molar-refractivity contribution in [2.45, 2.75) is 6.42 Å². The van der Waals surface area contributed by atoms with Gasteiger partial charge in [-0.2, -0.15) is 11.8 Å². The number of aromatic nitrogens is 2. The largest absolute Gasteiger partial charge is 0.340 e. The zero-order chi connectivity index (χ0) is 18.2. The summed E-state index contributed by atoms with van der Waals surface area (Å²) >= 11 is 1.65. The number of pyridine rings is 2. The Bertz CT molecular complexity index is 870. The maximum absolute atomic E-state index is 11.9. The highest BCUT2D eigenvalue weighted by Crippen LogP contribution is 2.24. The first kappa shape index (κ1) is 17.9. The van der Waals surface area contributed by atoms with Gasteiger partial charge in [0.25, 0.3) is 0 Å². The average Bonchev–Trinajstić information content (AvgIpc) is 2.68. The number of nitrogens with zero attached hydrogens (tertiary/aromatic N) is 2. The highest BCUT2D eigenvalue weighted by atomic mass is 32.2. The van der Waals surface area contributed by atoms with Crippen molar-refractivity contribution in [3.8, 4) is 11.1 Å². The van der Waals surface area contributed by atoms with Gasteiger partial charge in [0.2, 0.25) is 5.91 Å². The first-order valence-corrected chi connectivity index (χ1v) is 9.67. The van der Waals surface area contributed by atoms with Crippen LogP contribution in [0.1, 0.15) is 6.42 Å². The van der Waals surface area contributed by atoms with Gasteiger partial charge >= 0.3 is 0 Å². The third-order valence-electron chi connectivity index (χ3n) is 3.70. The summed E-state index contributed by atoms with van der Waals surface area (Å²) in [5.41, 5.74) is 2.95. The number of amides is 1. The van der Waals surface area contributed by atoms with Crippen LogP contribution in [0.2, 0.25) is 0 Å². The molecule has 0 aliphatic heterocycles. The Hall–Kier alpha value is -2.86. The van der Waals surface area contributed by atoms with Crippen LogP contribution in [0.5, 0.6) is 0 Å². The predicted molar refractivity (Wildman–Crippen MR) is 109 cm³/mol. The van der Waals surface area contributed by atoms with Gasteiger partial charge in [0.15, 0.2) is 0 Å². The molecule has 1 aromatic carbocycles. The minimum Gasteiger partial charge on any atom is -0.340 e. The van der Waals surface area contributed by atoms with E-state index in [0.29, 0.717) is 12.2 Å². The summed E-state index contributed by atoms with van der Waals surface area (Å²) in [5.74, 6) is 2.09. The lowest BCUT2D eigenvalue weighted by Crippen LogP contribution is -2.13. The van der Waals surface area contributed by atoms with Crippen molar-refractivity contribution < 1.29 is 4.79 Å². The predicted octanol–water partition coefficient (Wildman–Crippen LogP) is 4.58. The zero-order valence-electron chi connectivity index (χ0n) is 14.5. The zero-order valence-corrected chi connectivity index (χ0v) is 15.3. The van der Waals surface area contributed by atoms with E-state index in [4.69, 9.17) is 0 Å². The third kappa shape index (κ3) is 5.07. The van der Waals surface area contributed by atoms with E-state index >= 15 is 0 Å². The summed E-state index contributed by atoms with van der Waals surface area (Å²) in [6.07, 6.45) is 5.92. The van der Waals surface area contributed by atoms with E-state index in [1.165, 1.54) is 0 Å². The van der Waals surface area contributed by atoms with Gasteiger partial charge in [-0.25, -0.2) is 9.97 Å². The van der Waals surface area contributed by atoms with Crippen LogP contribution in [0.15, 0.2) is 67.0 Å². The number of thioether (sulfide) groups is 1. The van der Waals surface area contributed by atoms with Gasteiger partial charge in [-0.05, 0) is 53.8 Å². The molecule has 3 aromatic rings. The SMILES string of the molecule is CSCCC(=O)Nc1cc(-c2ccnc(Nc3ccccc3)c2)ccn1. The molecule has 0 bridgehead atoms. The van der Waals surface area contributed by atoms with Crippen molar-refractivity contribution in [2.24, 2.45) is 0 Å². The summed E-state index contributed by atoms with van der Waals surface area (Å²) in [4.78, 5) is 20.5. The van der Waals surface area contributed by atoms with Gasteiger partial charge in [-0.3, -0.25) is 4.79 Å². The van der Waals surface area contributed by atoms with Crippen LogP contribution in [-0.2, 0) is 4.79 Å². The molecule has 0 aliphatic carbocycles. The Balaban J connectivity index is 1.75. The van der Waals surface area contributed by atoms with Gasteiger partial charge in [0.1, 0.15) is 11.6 Å². The maximum Gasteiger partial charge on any atom is 0.226 e. The average molecular weight is 364 g/mol. The first-order valence-electron chi connectivity index (χ1n) is 8.28. The number of nitrogens with one attached hydrogen (secondary N) is 2. The molecular formula is C20H20N4OS. The second-order valence-electron chi connectivity index (χ2n) is 5.64. The van der Waals surface area contributed by atoms with Crippen LogP contribution < -0.4 is 10.6 Å². The van der Waals surface area contributed by atoms with E-state index in [2.05, 4.69) is 20.6 Å². The molecule has 2 heterocycles. The minimum absolute atomic E-state index is 0.0230. The fourth-order valence-electron chi connectivity index (χ4n) is 2.43. The standard InChI is InChI=1S/C20H20N4OS/c1-26-12-9-20(25)24-19-14-16(8-11-22-19)15-7-10-21-18(13-15)23-17-5-3-2-4-6-17/h2-8,10-11,13-14H,9,12H2,1H3,(H,21,23)(H,22,24,25). The van der Waals surface area contributed by atoms with Crippen molar-refractivity contribution in [3.63, 3.8) is 0 Å². The van der Waals surface area contributed by atoms with Crippen LogP contribution >= 0.6 is 11.8 Å². The van der Waals surface area contributed by atoms with E-state index in [0.717, 1.165) is 28.4 Å².